The van der Waals surface area contributed by atoms with Crippen LogP contribution in [0.2, 0.25) is 0 Å². The summed E-state index contributed by atoms with van der Waals surface area (Å²) in [7, 11) is 1.93. The lowest BCUT2D eigenvalue weighted by atomic mass is 10.1. The standard InChI is InChI=1S/C14H16N6/c1-10-17-14(19-18-10)12-5-3-4-6-13(12)15-9-11-7-8-16-20(11)2/h3-8,15H,9H2,1-2H3,(H,17,18,19). The third kappa shape index (κ3) is 2.40. The Labute approximate surface area is 116 Å². The summed E-state index contributed by atoms with van der Waals surface area (Å²) in [5.41, 5.74) is 3.11. The molecule has 0 bridgehead atoms. The summed E-state index contributed by atoms with van der Waals surface area (Å²) in [4.78, 5) is 4.38. The summed E-state index contributed by atoms with van der Waals surface area (Å²) in [6, 6.07) is 10.0. The minimum Gasteiger partial charge on any atom is -0.379 e. The van der Waals surface area contributed by atoms with Gasteiger partial charge in [0, 0.05) is 24.5 Å². The van der Waals surface area contributed by atoms with Crippen molar-refractivity contribution < 1.29 is 0 Å². The fraction of sp³-hybridized carbons (Fsp3) is 0.214. The summed E-state index contributed by atoms with van der Waals surface area (Å²) in [6.07, 6.45) is 1.79. The van der Waals surface area contributed by atoms with Crippen molar-refractivity contribution in [3.05, 3.63) is 48.0 Å². The van der Waals surface area contributed by atoms with Gasteiger partial charge >= 0.3 is 0 Å². The van der Waals surface area contributed by atoms with E-state index < -0.39 is 0 Å². The molecule has 0 aliphatic rings. The summed E-state index contributed by atoms with van der Waals surface area (Å²) in [6.45, 7) is 2.60. The number of aryl methyl sites for hydroxylation is 2. The quantitative estimate of drug-likeness (QED) is 0.760. The number of nitrogens with zero attached hydrogens (tertiary/aromatic N) is 4. The third-order valence-corrected chi connectivity index (χ3v) is 3.15. The van der Waals surface area contributed by atoms with Crippen LogP contribution in [0.1, 0.15) is 11.5 Å². The van der Waals surface area contributed by atoms with E-state index in [-0.39, 0.29) is 0 Å². The number of para-hydroxylation sites is 1. The Kier molecular flexibility index (Phi) is 3.20. The maximum absolute atomic E-state index is 4.38. The average molecular weight is 268 g/mol. The summed E-state index contributed by atoms with van der Waals surface area (Å²) < 4.78 is 1.85. The molecule has 2 N–H and O–H groups in total. The van der Waals surface area contributed by atoms with Crippen LogP contribution in [0, 0.1) is 6.92 Å². The molecule has 0 fully saturated rings. The molecule has 3 rings (SSSR count). The number of nitrogens with one attached hydrogen (secondary N) is 2. The second-order valence-corrected chi connectivity index (χ2v) is 4.59. The Bertz CT molecular complexity index is 712. The summed E-state index contributed by atoms with van der Waals surface area (Å²) in [5, 5.41) is 14.7. The fourth-order valence-corrected chi connectivity index (χ4v) is 2.06. The molecule has 0 radical (unpaired) electrons. The Morgan fingerprint density at radius 1 is 1.25 bits per heavy atom. The Balaban J connectivity index is 1.85. The lowest BCUT2D eigenvalue weighted by Crippen LogP contribution is -2.06. The maximum atomic E-state index is 4.38. The summed E-state index contributed by atoms with van der Waals surface area (Å²) in [5.74, 6) is 1.51. The van der Waals surface area contributed by atoms with E-state index in [1.807, 2.05) is 49.0 Å². The smallest absolute Gasteiger partial charge is 0.183 e. The first-order valence-electron chi connectivity index (χ1n) is 6.43. The van der Waals surface area contributed by atoms with Gasteiger partial charge in [-0.15, -0.1) is 0 Å². The number of hydrogen-bond donors (Lipinski definition) is 2. The van der Waals surface area contributed by atoms with Gasteiger partial charge in [-0.25, -0.2) is 4.98 Å². The molecule has 20 heavy (non-hydrogen) atoms. The predicted octanol–water partition coefficient (Wildman–Crippen LogP) is 2.13. The lowest BCUT2D eigenvalue weighted by molar-refractivity contribution is 0.720. The molecule has 102 valence electrons. The van der Waals surface area contributed by atoms with Gasteiger partial charge in [-0.05, 0) is 25.1 Å². The minimum atomic E-state index is 0.704. The van der Waals surface area contributed by atoms with Crippen LogP contribution in [0.15, 0.2) is 36.5 Å². The van der Waals surface area contributed by atoms with Gasteiger partial charge in [0.2, 0.25) is 0 Å². The first kappa shape index (κ1) is 12.4. The first-order chi connectivity index (χ1) is 9.74. The largest absolute Gasteiger partial charge is 0.379 e. The van der Waals surface area contributed by atoms with Gasteiger partial charge in [0.25, 0.3) is 0 Å². The van der Waals surface area contributed by atoms with Crippen molar-refractivity contribution in [2.45, 2.75) is 13.5 Å². The molecule has 2 aromatic heterocycles. The Hall–Kier alpha value is -2.63. The van der Waals surface area contributed by atoms with Crippen LogP contribution >= 0.6 is 0 Å². The number of hydrogen-bond acceptors (Lipinski definition) is 4. The van der Waals surface area contributed by atoms with Crippen molar-refractivity contribution in [1.82, 2.24) is 25.0 Å². The van der Waals surface area contributed by atoms with Crippen molar-refractivity contribution in [2.75, 3.05) is 5.32 Å². The molecule has 0 spiro atoms. The second-order valence-electron chi connectivity index (χ2n) is 4.59. The number of rotatable bonds is 4. The van der Waals surface area contributed by atoms with Gasteiger partial charge in [-0.3, -0.25) is 9.78 Å². The van der Waals surface area contributed by atoms with Crippen LogP contribution in [0.25, 0.3) is 11.4 Å². The molecule has 0 aliphatic heterocycles. The Morgan fingerprint density at radius 3 is 2.80 bits per heavy atom. The van der Waals surface area contributed by atoms with Gasteiger partial charge in [-0.2, -0.15) is 10.2 Å². The monoisotopic (exact) mass is 268 g/mol. The lowest BCUT2D eigenvalue weighted by Gasteiger charge is -2.10. The van der Waals surface area contributed by atoms with Crippen molar-refractivity contribution in [2.24, 2.45) is 7.05 Å². The van der Waals surface area contributed by atoms with Crippen molar-refractivity contribution >= 4 is 5.69 Å². The zero-order valence-electron chi connectivity index (χ0n) is 11.5. The predicted molar refractivity (Wildman–Crippen MR) is 77.1 cm³/mol. The zero-order valence-corrected chi connectivity index (χ0v) is 11.5. The van der Waals surface area contributed by atoms with E-state index in [1.54, 1.807) is 6.20 Å². The first-order valence-corrected chi connectivity index (χ1v) is 6.43. The fourth-order valence-electron chi connectivity index (χ4n) is 2.06. The van der Waals surface area contributed by atoms with Gasteiger partial charge in [-0.1, -0.05) is 12.1 Å². The number of H-pyrrole nitrogens is 1. The molecule has 0 atom stereocenters. The molecule has 1 aromatic carbocycles. The van der Waals surface area contributed by atoms with E-state index >= 15 is 0 Å². The number of anilines is 1. The molecule has 0 aliphatic carbocycles. The molecule has 3 aromatic rings. The molecular weight excluding hydrogens is 252 g/mol. The van der Waals surface area contributed by atoms with Gasteiger partial charge in [0.05, 0.1) is 12.2 Å². The highest BCUT2D eigenvalue weighted by atomic mass is 15.3. The molecule has 6 heteroatoms. The van der Waals surface area contributed by atoms with Crippen LogP contribution in [0.3, 0.4) is 0 Å². The topological polar surface area (TPSA) is 71.4 Å². The van der Waals surface area contributed by atoms with Crippen LogP contribution in [-0.4, -0.2) is 25.0 Å². The minimum absolute atomic E-state index is 0.704. The molecular formula is C14H16N6. The van der Waals surface area contributed by atoms with Crippen LogP contribution in [0.4, 0.5) is 5.69 Å². The molecule has 0 amide bonds. The number of aromatic nitrogens is 5. The van der Waals surface area contributed by atoms with E-state index in [0.29, 0.717) is 12.4 Å². The van der Waals surface area contributed by atoms with Gasteiger partial charge in [0.15, 0.2) is 5.82 Å². The van der Waals surface area contributed by atoms with Crippen LogP contribution in [0.5, 0.6) is 0 Å². The van der Waals surface area contributed by atoms with Crippen LogP contribution < -0.4 is 5.32 Å². The van der Waals surface area contributed by atoms with E-state index in [9.17, 15) is 0 Å². The SMILES string of the molecule is Cc1nc(-c2ccccc2NCc2ccnn2C)n[nH]1. The highest BCUT2D eigenvalue weighted by Crippen LogP contribution is 2.25. The van der Waals surface area contributed by atoms with Crippen LogP contribution in [-0.2, 0) is 13.6 Å². The van der Waals surface area contributed by atoms with E-state index in [0.717, 1.165) is 22.8 Å². The molecule has 0 saturated carbocycles. The second kappa shape index (κ2) is 5.16. The third-order valence-electron chi connectivity index (χ3n) is 3.15. The molecule has 2 heterocycles. The normalized spacial score (nSPS) is 10.7. The number of aromatic amines is 1. The zero-order chi connectivity index (χ0) is 13.9. The van der Waals surface area contributed by atoms with Crippen molar-refractivity contribution in [1.29, 1.82) is 0 Å². The molecule has 0 saturated heterocycles. The van der Waals surface area contributed by atoms with E-state index in [1.165, 1.54) is 0 Å². The Morgan fingerprint density at radius 2 is 2.10 bits per heavy atom. The molecule has 0 unspecified atom stereocenters. The number of benzene rings is 1. The van der Waals surface area contributed by atoms with Gasteiger partial charge in [0.1, 0.15) is 5.82 Å². The maximum Gasteiger partial charge on any atom is 0.183 e. The summed E-state index contributed by atoms with van der Waals surface area (Å²) >= 11 is 0. The van der Waals surface area contributed by atoms with Gasteiger partial charge < -0.3 is 5.32 Å². The highest BCUT2D eigenvalue weighted by molar-refractivity contribution is 5.73. The van der Waals surface area contributed by atoms with Crippen molar-refractivity contribution in [3.8, 4) is 11.4 Å². The van der Waals surface area contributed by atoms with E-state index in [4.69, 9.17) is 0 Å². The highest BCUT2D eigenvalue weighted by Gasteiger charge is 2.09. The molecule has 6 nitrogen and oxygen atoms in total. The average Bonchev–Trinajstić information content (AvgIpc) is 3.06. The van der Waals surface area contributed by atoms with E-state index in [2.05, 4.69) is 25.6 Å². The van der Waals surface area contributed by atoms with Crippen molar-refractivity contribution in [3.63, 3.8) is 0 Å².